The smallest absolute Gasteiger partial charge is 0.228 e. The van der Waals surface area contributed by atoms with Gasteiger partial charge in [0.2, 0.25) is 5.91 Å². The van der Waals surface area contributed by atoms with E-state index >= 15 is 0 Å². The van der Waals surface area contributed by atoms with Gasteiger partial charge in [0.25, 0.3) is 0 Å². The number of benzene rings is 3. The summed E-state index contributed by atoms with van der Waals surface area (Å²) in [5, 5.41) is 6.59. The highest BCUT2D eigenvalue weighted by Gasteiger charge is 2.19. The Balaban J connectivity index is 1.19. The van der Waals surface area contributed by atoms with Crippen LogP contribution in [0.15, 0.2) is 72.8 Å². The fraction of sp³-hybridized carbons (Fsp3) is 0.321. The molecule has 0 saturated carbocycles. The molecule has 0 atom stereocenters. The standard InChI is InChI=1S/C28H32FN3O2/c1-34-27-7-3-4-21(19-27)12-15-30-24-13-16-32(17-14-24)26-10-8-25(9-11-26)31-28(33)20-22-5-2-6-23(29)18-22/h2-11,18-19,24,30H,12-17,20H2,1H3,(H,31,33). The molecule has 1 saturated heterocycles. The number of carbonyl (C=O) groups is 1. The maximum absolute atomic E-state index is 13.3. The molecule has 0 radical (unpaired) electrons. The molecule has 0 bridgehead atoms. The summed E-state index contributed by atoms with van der Waals surface area (Å²) in [6.07, 6.45) is 3.34. The average molecular weight is 462 g/mol. The minimum Gasteiger partial charge on any atom is -0.497 e. The first-order chi connectivity index (χ1) is 16.6. The van der Waals surface area contributed by atoms with E-state index in [-0.39, 0.29) is 18.1 Å². The molecule has 1 aliphatic rings. The number of nitrogens with zero attached hydrogens (tertiary/aromatic N) is 1. The number of halogens is 1. The van der Waals surface area contributed by atoms with Crippen LogP contribution in [0.4, 0.5) is 15.8 Å². The monoisotopic (exact) mass is 461 g/mol. The number of amides is 1. The van der Waals surface area contributed by atoms with Gasteiger partial charge in [0.05, 0.1) is 13.5 Å². The number of carbonyl (C=O) groups excluding carboxylic acids is 1. The Hall–Kier alpha value is -3.38. The van der Waals surface area contributed by atoms with Crippen LogP contribution in [0, 0.1) is 5.82 Å². The van der Waals surface area contributed by atoms with E-state index in [0.29, 0.717) is 11.6 Å². The molecular formula is C28H32FN3O2. The Morgan fingerprint density at radius 3 is 2.47 bits per heavy atom. The minimum absolute atomic E-state index is 0.151. The number of piperidine rings is 1. The maximum Gasteiger partial charge on any atom is 0.228 e. The van der Waals surface area contributed by atoms with Crippen LogP contribution in [-0.2, 0) is 17.6 Å². The van der Waals surface area contributed by atoms with Gasteiger partial charge in [-0.15, -0.1) is 0 Å². The third kappa shape index (κ3) is 6.81. The van der Waals surface area contributed by atoms with E-state index in [2.05, 4.69) is 27.7 Å². The minimum atomic E-state index is -0.328. The van der Waals surface area contributed by atoms with Gasteiger partial charge in [-0.25, -0.2) is 4.39 Å². The molecular weight excluding hydrogens is 429 g/mol. The lowest BCUT2D eigenvalue weighted by molar-refractivity contribution is -0.115. The van der Waals surface area contributed by atoms with Crippen LogP contribution in [0.5, 0.6) is 5.75 Å². The van der Waals surface area contributed by atoms with Gasteiger partial charge in [-0.1, -0.05) is 24.3 Å². The summed E-state index contributed by atoms with van der Waals surface area (Å²) in [6, 6.07) is 22.9. The number of ether oxygens (including phenoxy) is 1. The number of rotatable bonds is 9. The molecule has 178 valence electrons. The summed E-state index contributed by atoms with van der Waals surface area (Å²) in [4.78, 5) is 14.7. The molecule has 1 aliphatic heterocycles. The lowest BCUT2D eigenvalue weighted by Crippen LogP contribution is -2.43. The molecule has 4 rings (SSSR count). The van der Waals surface area contributed by atoms with Crippen molar-refractivity contribution in [2.75, 3.05) is 37.0 Å². The van der Waals surface area contributed by atoms with Crippen molar-refractivity contribution in [3.8, 4) is 5.75 Å². The van der Waals surface area contributed by atoms with E-state index in [9.17, 15) is 9.18 Å². The van der Waals surface area contributed by atoms with Gasteiger partial charge >= 0.3 is 0 Å². The Kier molecular flexibility index (Phi) is 8.15. The van der Waals surface area contributed by atoms with Crippen LogP contribution in [0.25, 0.3) is 0 Å². The van der Waals surface area contributed by atoms with Crippen molar-refractivity contribution < 1.29 is 13.9 Å². The molecule has 0 aliphatic carbocycles. The molecule has 5 nitrogen and oxygen atoms in total. The molecule has 0 spiro atoms. The zero-order valence-corrected chi connectivity index (χ0v) is 19.6. The van der Waals surface area contributed by atoms with Gasteiger partial charge in [0, 0.05) is 30.5 Å². The first kappa shape index (κ1) is 23.8. The Morgan fingerprint density at radius 2 is 1.74 bits per heavy atom. The van der Waals surface area contributed by atoms with E-state index in [0.717, 1.165) is 56.0 Å². The molecule has 6 heteroatoms. The van der Waals surface area contributed by atoms with Crippen molar-refractivity contribution in [2.24, 2.45) is 0 Å². The molecule has 1 fully saturated rings. The second-order valence-corrected chi connectivity index (χ2v) is 8.72. The number of anilines is 2. The fourth-order valence-corrected chi connectivity index (χ4v) is 4.38. The maximum atomic E-state index is 13.3. The number of hydrogen-bond acceptors (Lipinski definition) is 4. The summed E-state index contributed by atoms with van der Waals surface area (Å²) in [5.41, 5.74) is 3.86. The van der Waals surface area contributed by atoms with E-state index < -0.39 is 0 Å². The van der Waals surface area contributed by atoms with Gasteiger partial charge in [-0.3, -0.25) is 4.79 Å². The van der Waals surface area contributed by atoms with Crippen LogP contribution < -0.4 is 20.3 Å². The molecule has 3 aromatic carbocycles. The van der Waals surface area contributed by atoms with Crippen molar-refractivity contribution in [1.82, 2.24) is 5.32 Å². The van der Waals surface area contributed by atoms with Crippen molar-refractivity contribution in [3.63, 3.8) is 0 Å². The fourth-order valence-electron chi connectivity index (χ4n) is 4.38. The zero-order valence-electron chi connectivity index (χ0n) is 19.6. The highest BCUT2D eigenvalue weighted by molar-refractivity contribution is 5.92. The van der Waals surface area contributed by atoms with E-state index in [1.807, 2.05) is 36.4 Å². The van der Waals surface area contributed by atoms with Crippen LogP contribution in [0.2, 0.25) is 0 Å². The van der Waals surface area contributed by atoms with Gasteiger partial charge in [-0.05, 0) is 85.5 Å². The lowest BCUT2D eigenvalue weighted by atomic mass is 10.0. The zero-order chi connectivity index (χ0) is 23.8. The average Bonchev–Trinajstić information content (AvgIpc) is 2.85. The van der Waals surface area contributed by atoms with Crippen molar-refractivity contribution in [1.29, 1.82) is 0 Å². The molecule has 0 unspecified atom stereocenters. The van der Waals surface area contributed by atoms with Gasteiger partial charge in [-0.2, -0.15) is 0 Å². The second-order valence-electron chi connectivity index (χ2n) is 8.72. The van der Waals surface area contributed by atoms with Gasteiger partial charge in [0.1, 0.15) is 11.6 Å². The highest BCUT2D eigenvalue weighted by atomic mass is 19.1. The van der Waals surface area contributed by atoms with Crippen LogP contribution in [0.3, 0.4) is 0 Å². The number of methoxy groups -OCH3 is 1. The summed E-state index contributed by atoms with van der Waals surface area (Å²) in [7, 11) is 1.70. The molecule has 0 aromatic heterocycles. The van der Waals surface area contributed by atoms with E-state index in [1.165, 1.54) is 17.7 Å². The normalized spacial score (nSPS) is 14.1. The van der Waals surface area contributed by atoms with Gasteiger partial charge < -0.3 is 20.3 Å². The predicted octanol–water partition coefficient (Wildman–Crippen LogP) is 4.82. The van der Waals surface area contributed by atoms with Crippen molar-refractivity contribution in [3.05, 3.63) is 89.7 Å². The van der Waals surface area contributed by atoms with Crippen molar-refractivity contribution in [2.45, 2.75) is 31.7 Å². The lowest BCUT2D eigenvalue weighted by Gasteiger charge is -2.34. The Bertz CT molecular complexity index is 1080. The molecule has 1 amide bonds. The largest absolute Gasteiger partial charge is 0.497 e. The summed E-state index contributed by atoms with van der Waals surface area (Å²) < 4.78 is 18.6. The second kappa shape index (κ2) is 11.7. The summed E-state index contributed by atoms with van der Waals surface area (Å²) in [6.45, 7) is 2.96. The SMILES string of the molecule is COc1cccc(CCNC2CCN(c3ccc(NC(=O)Cc4cccc(F)c4)cc3)CC2)c1. The molecule has 3 aromatic rings. The van der Waals surface area contributed by atoms with Crippen LogP contribution in [-0.4, -0.2) is 38.7 Å². The quantitative estimate of drug-likeness (QED) is 0.480. The summed E-state index contributed by atoms with van der Waals surface area (Å²) >= 11 is 0. The first-order valence-corrected chi connectivity index (χ1v) is 11.8. The molecule has 1 heterocycles. The molecule has 2 N–H and O–H groups in total. The Morgan fingerprint density at radius 1 is 1.00 bits per heavy atom. The first-order valence-electron chi connectivity index (χ1n) is 11.8. The Labute approximate surface area is 200 Å². The third-order valence-corrected chi connectivity index (χ3v) is 6.25. The van der Waals surface area contributed by atoms with Crippen LogP contribution in [0.1, 0.15) is 24.0 Å². The third-order valence-electron chi connectivity index (χ3n) is 6.25. The van der Waals surface area contributed by atoms with Crippen molar-refractivity contribution >= 4 is 17.3 Å². The topological polar surface area (TPSA) is 53.6 Å². The number of hydrogen-bond donors (Lipinski definition) is 2. The van der Waals surface area contributed by atoms with Gasteiger partial charge in [0.15, 0.2) is 0 Å². The predicted molar refractivity (Wildman–Crippen MR) is 135 cm³/mol. The number of nitrogens with one attached hydrogen (secondary N) is 2. The van der Waals surface area contributed by atoms with E-state index in [4.69, 9.17) is 4.74 Å². The highest BCUT2D eigenvalue weighted by Crippen LogP contribution is 2.22. The van der Waals surface area contributed by atoms with E-state index in [1.54, 1.807) is 19.2 Å². The molecule has 34 heavy (non-hydrogen) atoms. The summed E-state index contributed by atoms with van der Waals surface area (Å²) in [5.74, 6) is 0.424. The van der Waals surface area contributed by atoms with Crippen LogP contribution >= 0.6 is 0 Å².